The molecule has 0 saturated carbocycles. The number of hydrogen-bond donors (Lipinski definition) is 1. The van der Waals surface area contributed by atoms with Gasteiger partial charge >= 0.3 is 0 Å². The molecular weight excluding hydrogens is 450 g/mol. The summed E-state index contributed by atoms with van der Waals surface area (Å²) < 4.78 is 11.1. The Hall–Kier alpha value is -3.88. The Balaban J connectivity index is 1.56. The molecule has 0 bridgehead atoms. The Morgan fingerprint density at radius 2 is 1.69 bits per heavy atom. The highest BCUT2D eigenvalue weighted by atomic mass is 16.6. The zero-order valence-corrected chi connectivity index (χ0v) is 20.3. The van der Waals surface area contributed by atoms with E-state index < -0.39 is 29.7 Å². The molecule has 0 radical (unpaired) electrons. The van der Waals surface area contributed by atoms with E-state index in [9.17, 15) is 19.2 Å². The fourth-order valence-electron chi connectivity index (χ4n) is 4.04. The lowest BCUT2D eigenvalue weighted by Gasteiger charge is -2.28. The van der Waals surface area contributed by atoms with Crippen LogP contribution in [0.3, 0.4) is 0 Å². The van der Waals surface area contributed by atoms with Crippen molar-refractivity contribution in [1.29, 1.82) is 0 Å². The van der Waals surface area contributed by atoms with Crippen molar-refractivity contribution in [1.82, 2.24) is 10.4 Å². The minimum atomic E-state index is -1.15. The van der Waals surface area contributed by atoms with Crippen LogP contribution in [0.15, 0.2) is 42.5 Å². The van der Waals surface area contributed by atoms with E-state index in [1.54, 1.807) is 37.3 Å². The fourth-order valence-corrected chi connectivity index (χ4v) is 4.04. The van der Waals surface area contributed by atoms with E-state index in [1.807, 2.05) is 12.1 Å². The molecule has 1 atom stereocenters. The minimum absolute atomic E-state index is 0.0469. The van der Waals surface area contributed by atoms with E-state index >= 15 is 0 Å². The molecule has 9 heteroatoms. The average Bonchev–Trinajstić information content (AvgIpc) is 3.14. The second-order valence-electron chi connectivity index (χ2n) is 9.50. The standard InChI is InChI=1S/C26H29N3O6/c1-5-22(30)29(27-24(32)16-6-8-17(9-7-16)26(2,3)4)19-15-23(31)28(25(19)33)18-10-11-20-21(14-18)35-13-12-34-20/h6-11,14,19H,5,12-13,15H2,1-4H3,(H,27,32). The molecular formula is C26H29N3O6. The maximum atomic E-state index is 13.3. The third-order valence-corrected chi connectivity index (χ3v) is 6.02. The van der Waals surface area contributed by atoms with Crippen molar-refractivity contribution in [2.24, 2.45) is 0 Å². The summed E-state index contributed by atoms with van der Waals surface area (Å²) >= 11 is 0. The molecule has 1 saturated heterocycles. The Morgan fingerprint density at radius 1 is 1.03 bits per heavy atom. The Morgan fingerprint density at radius 3 is 2.31 bits per heavy atom. The zero-order valence-electron chi connectivity index (χ0n) is 20.3. The van der Waals surface area contributed by atoms with E-state index in [0.717, 1.165) is 15.5 Å². The summed E-state index contributed by atoms with van der Waals surface area (Å²) in [5.74, 6) is -1.12. The minimum Gasteiger partial charge on any atom is -0.486 e. The number of nitrogens with one attached hydrogen (secondary N) is 1. The normalized spacial score (nSPS) is 17.4. The van der Waals surface area contributed by atoms with Crippen LogP contribution in [0.5, 0.6) is 11.5 Å². The van der Waals surface area contributed by atoms with Gasteiger partial charge in [-0.2, -0.15) is 0 Å². The highest BCUT2D eigenvalue weighted by Gasteiger charge is 2.45. The van der Waals surface area contributed by atoms with E-state index in [2.05, 4.69) is 26.2 Å². The Labute approximate surface area is 203 Å². The van der Waals surface area contributed by atoms with Crippen LogP contribution in [0.4, 0.5) is 5.69 Å². The van der Waals surface area contributed by atoms with Gasteiger partial charge in [-0.15, -0.1) is 0 Å². The number of imide groups is 1. The van der Waals surface area contributed by atoms with Crippen molar-refractivity contribution in [2.75, 3.05) is 18.1 Å². The summed E-state index contributed by atoms with van der Waals surface area (Å²) in [6.45, 7) is 8.62. The summed E-state index contributed by atoms with van der Waals surface area (Å²) in [5.41, 5.74) is 4.20. The smallest absolute Gasteiger partial charge is 0.269 e. The number of amides is 4. The van der Waals surface area contributed by atoms with Gasteiger partial charge in [0.25, 0.3) is 11.8 Å². The highest BCUT2D eigenvalue weighted by Crippen LogP contribution is 2.36. The lowest BCUT2D eigenvalue weighted by atomic mass is 9.87. The molecule has 1 N–H and O–H groups in total. The molecule has 0 spiro atoms. The van der Waals surface area contributed by atoms with Crippen LogP contribution in [0.2, 0.25) is 0 Å². The van der Waals surface area contributed by atoms with Crippen molar-refractivity contribution < 1.29 is 28.7 Å². The van der Waals surface area contributed by atoms with E-state index in [-0.39, 0.29) is 18.3 Å². The molecule has 4 amide bonds. The molecule has 9 nitrogen and oxygen atoms in total. The number of nitrogens with zero attached hydrogens (tertiary/aromatic N) is 2. The van der Waals surface area contributed by atoms with Crippen LogP contribution < -0.4 is 19.8 Å². The first-order valence-corrected chi connectivity index (χ1v) is 11.6. The summed E-state index contributed by atoms with van der Waals surface area (Å²) in [6.07, 6.45) is -0.201. The number of hydrogen-bond acceptors (Lipinski definition) is 6. The van der Waals surface area contributed by atoms with Crippen LogP contribution in [0.25, 0.3) is 0 Å². The van der Waals surface area contributed by atoms with Gasteiger partial charge in [0.2, 0.25) is 11.8 Å². The molecule has 1 fully saturated rings. The van der Waals surface area contributed by atoms with Gasteiger partial charge in [0, 0.05) is 18.1 Å². The quantitative estimate of drug-likeness (QED) is 0.534. The first kappa shape index (κ1) is 24.3. The van der Waals surface area contributed by atoms with Gasteiger partial charge in [0.1, 0.15) is 19.3 Å². The molecule has 2 aliphatic heterocycles. The predicted molar refractivity (Wildman–Crippen MR) is 128 cm³/mol. The van der Waals surface area contributed by atoms with Gasteiger partial charge < -0.3 is 9.47 Å². The van der Waals surface area contributed by atoms with Crippen molar-refractivity contribution >= 4 is 29.3 Å². The van der Waals surface area contributed by atoms with E-state index in [4.69, 9.17) is 9.47 Å². The van der Waals surface area contributed by atoms with Gasteiger partial charge in [-0.05, 0) is 35.2 Å². The molecule has 184 valence electrons. The molecule has 35 heavy (non-hydrogen) atoms. The van der Waals surface area contributed by atoms with Crippen LogP contribution >= 0.6 is 0 Å². The Bertz CT molecular complexity index is 1170. The van der Waals surface area contributed by atoms with E-state index in [0.29, 0.717) is 36.0 Å². The third kappa shape index (κ3) is 4.84. The van der Waals surface area contributed by atoms with Crippen molar-refractivity contribution in [3.63, 3.8) is 0 Å². The van der Waals surface area contributed by atoms with Crippen LogP contribution in [0, 0.1) is 0 Å². The number of rotatable bonds is 4. The predicted octanol–water partition coefficient (Wildman–Crippen LogP) is 2.97. The number of benzene rings is 2. The molecule has 0 aliphatic carbocycles. The first-order chi connectivity index (χ1) is 16.6. The fraction of sp³-hybridized carbons (Fsp3) is 0.385. The second kappa shape index (κ2) is 9.40. The number of anilines is 1. The summed E-state index contributed by atoms with van der Waals surface area (Å²) in [5, 5.41) is 0.984. The largest absolute Gasteiger partial charge is 0.486 e. The molecule has 2 aromatic carbocycles. The van der Waals surface area contributed by atoms with Crippen LogP contribution in [-0.4, -0.2) is 47.9 Å². The molecule has 2 aromatic rings. The molecule has 2 heterocycles. The maximum absolute atomic E-state index is 13.3. The topological polar surface area (TPSA) is 105 Å². The summed E-state index contributed by atoms with van der Waals surface area (Å²) in [6, 6.07) is 10.7. The lowest BCUT2D eigenvalue weighted by molar-refractivity contribution is -0.140. The molecule has 0 aromatic heterocycles. The monoisotopic (exact) mass is 479 g/mol. The molecule has 2 aliphatic rings. The van der Waals surface area contributed by atoms with Gasteiger partial charge in [-0.1, -0.05) is 39.8 Å². The van der Waals surface area contributed by atoms with Crippen LogP contribution in [0.1, 0.15) is 56.5 Å². The zero-order chi connectivity index (χ0) is 25.3. The van der Waals surface area contributed by atoms with E-state index in [1.165, 1.54) is 0 Å². The number of carbonyl (C=O) groups excluding carboxylic acids is 4. The van der Waals surface area contributed by atoms with Crippen molar-refractivity contribution in [2.45, 2.75) is 52.0 Å². The van der Waals surface area contributed by atoms with Gasteiger partial charge in [0.15, 0.2) is 11.5 Å². The SMILES string of the molecule is CCC(=O)N(NC(=O)c1ccc(C(C)(C)C)cc1)C1CC(=O)N(c2ccc3c(c2)OCCO3)C1=O. The number of hydrazine groups is 1. The van der Waals surface area contributed by atoms with Gasteiger partial charge in [0.05, 0.1) is 12.1 Å². The molecule has 4 rings (SSSR count). The second-order valence-corrected chi connectivity index (χ2v) is 9.50. The van der Waals surface area contributed by atoms with Crippen molar-refractivity contribution in [3.8, 4) is 11.5 Å². The number of ether oxygens (including phenoxy) is 2. The highest BCUT2D eigenvalue weighted by molar-refractivity contribution is 6.23. The third-order valence-electron chi connectivity index (χ3n) is 6.02. The van der Waals surface area contributed by atoms with Gasteiger partial charge in [-0.3, -0.25) is 24.6 Å². The number of carbonyl (C=O) groups is 4. The number of fused-ring (bicyclic) bond motifs is 1. The summed E-state index contributed by atoms with van der Waals surface area (Å²) in [7, 11) is 0. The average molecular weight is 480 g/mol. The first-order valence-electron chi connectivity index (χ1n) is 11.6. The van der Waals surface area contributed by atoms with Crippen LogP contribution in [-0.2, 0) is 19.8 Å². The lowest BCUT2D eigenvalue weighted by Crippen LogP contribution is -2.54. The maximum Gasteiger partial charge on any atom is 0.269 e. The molecule has 1 unspecified atom stereocenters. The van der Waals surface area contributed by atoms with Crippen molar-refractivity contribution in [3.05, 3.63) is 53.6 Å². The summed E-state index contributed by atoms with van der Waals surface area (Å²) in [4.78, 5) is 52.9. The van der Waals surface area contributed by atoms with Gasteiger partial charge in [-0.25, -0.2) is 9.91 Å². The Kier molecular flexibility index (Phi) is 6.51.